The molecular formula is C15H16ClN3. The highest BCUT2D eigenvalue weighted by molar-refractivity contribution is 6.17. The standard InChI is InChI=1S/C15H16ClN3/c16-9-11-4-3-5-12(8-11)19-15-13-6-1-2-7-14(13)17-10-18-15/h3-5,8,10H,1-2,6-7,9H2,(H,17,18,19). The van der Waals surface area contributed by atoms with Crippen LogP contribution < -0.4 is 5.32 Å². The maximum absolute atomic E-state index is 5.86. The minimum Gasteiger partial charge on any atom is -0.340 e. The minimum atomic E-state index is 0.525. The summed E-state index contributed by atoms with van der Waals surface area (Å²) in [6.45, 7) is 0. The van der Waals surface area contributed by atoms with E-state index in [0.717, 1.165) is 29.9 Å². The van der Waals surface area contributed by atoms with E-state index < -0.39 is 0 Å². The summed E-state index contributed by atoms with van der Waals surface area (Å²) in [6.07, 6.45) is 6.22. The molecule has 0 atom stereocenters. The quantitative estimate of drug-likeness (QED) is 0.864. The summed E-state index contributed by atoms with van der Waals surface area (Å²) in [6, 6.07) is 8.12. The van der Waals surface area contributed by atoms with Crippen LogP contribution >= 0.6 is 11.6 Å². The van der Waals surface area contributed by atoms with Gasteiger partial charge in [-0.05, 0) is 43.4 Å². The van der Waals surface area contributed by atoms with Gasteiger partial charge in [0.05, 0.1) is 0 Å². The summed E-state index contributed by atoms with van der Waals surface area (Å²) in [7, 11) is 0. The molecule has 1 aliphatic rings. The van der Waals surface area contributed by atoms with Gasteiger partial charge in [-0.25, -0.2) is 9.97 Å². The summed E-state index contributed by atoms with van der Waals surface area (Å²) in [5.41, 5.74) is 4.60. The van der Waals surface area contributed by atoms with E-state index in [2.05, 4.69) is 21.4 Å². The predicted molar refractivity (Wildman–Crippen MR) is 78.0 cm³/mol. The SMILES string of the molecule is ClCc1cccc(Nc2ncnc3c2CCCC3)c1. The van der Waals surface area contributed by atoms with Crippen molar-refractivity contribution in [3.05, 3.63) is 47.4 Å². The van der Waals surface area contributed by atoms with Gasteiger partial charge in [-0.1, -0.05) is 12.1 Å². The molecule has 0 saturated carbocycles. The summed E-state index contributed by atoms with van der Waals surface area (Å²) in [5, 5.41) is 3.40. The van der Waals surface area contributed by atoms with E-state index >= 15 is 0 Å². The van der Waals surface area contributed by atoms with Crippen molar-refractivity contribution in [1.82, 2.24) is 9.97 Å². The van der Waals surface area contributed by atoms with Crippen molar-refractivity contribution in [3.8, 4) is 0 Å². The lowest BCUT2D eigenvalue weighted by Gasteiger charge is -2.18. The molecule has 0 fully saturated rings. The van der Waals surface area contributed by atoms with Crippen LogP contribution in [0, 0.1) is 0 Å². The molecule has 0 radical (unpaired) electrons. The number of aromatic nitrogens is 2. The molecule has 1 aromatic heterocycles. The summed E-state index contributed by atoms with van der Waals surface area (Å²) < 4.78 is 0. The van der Waals surface area contributed by atoms with E-state index in [9.17, 15) is 0 Å². The fourth-order valence-electron chi connectivity index (χ4n) is 2.50. The average Bonchev–Trinajstić information content (AvgIpc) is 2.48. The number of nitrogens with one attached hydrogen (secondary N) is 1. The molecule has 4 heteroatoms. The van der Waals surface area contributed by atoms with Gasteiger partial charge in [0.1, 0.15) is 12.1 Å². The fraction of sp³-hybridized carbons (Fsp3) is 0.333. The molecule has 0 bridgehead atoms. The molecule has 19 heavy (non-hydrogen) atoms. The summed E-state index contributed by atoms with van der Waals surface area (Å²) in [5.74, 6) is 1.47. The van der Waals surface area contributed by atoms with Crippen molar-refractivity contribution in [3.63, 3.8) is 0 Å². The van der Waals surface area contributed by atoms with Crippen LogP contribution in [-0.2, 0) is 18.7 Å². The van der Waals surface area contributed by atoms with Gasteiger partial charge in [0.15, 0.2) is 0 Å². The fourth-order valence-corrected chi connectivity index (χ4v) is 2.66. The van der Waals surface area contributed by atoms with Crippen molar-refractivity contribution >= 4 is 23.1 Å². The Morgan fingerprint density at radius 1 is 1.16 bits per heavy atom. The lowest BCUT2D eigenvalue weighted by Crippen LogP contribution is -2.10. The van der Waals surface area contributed by atoms with Crippen LogP contribution in [0.3, 0.4) is 0 Å². The zero-order valence-electron chi connectivity index (χ0n) is 10.7. The Hall–Kier alpha value is -1.61. The summed E-state index contributed by atoms with van der Waals surface area (Å²) >= 11 is 5.86. The molecule has 1 N–H and O–H groups in total. The highest BCUT2D eigenvalue weighted by atomic mass is 35.5. The monoisotopic (exact) mass is 273 g/mol. The molecule has 0 amide bonds. The molecule has 0 aliphatic heterocycles. The van der Waals surface area contributed by atoms with Gasteiger partial charge >= 0.3 is 0 Å². The zero-order valence-corrected chi connectivity index (χ0v) is 11.5. The van der Waals surface area contributed by atoms with E-state index in [-0.39, 0.29) is 0 Å². The number of fused-ring (bicyclic) bond motifs is 1. The first-order valence-corrected chi connectivity index (χ1v) is 7.15. The zero-order chi connectivity index (χ0) is 13.1. The largest absolute Gasteiger partial charge is 0.340 e. The van der Waals surface area contributed by atoms with Crippen LogP contribution in [0.1, 0.15) is 29.7 Å². The Kier molecular flexibility index (Phi) is 3.65. The number of anilines is 2. The molecule has 0 spiro atoms. The topological polar surface area (TPSA) is 37.8 Å². The third-order valence-corrected chi connectivity index (χ3v) is 3.78. The molecule has 0 saturated heterocycles. The Morgan fingerprint density at radius 3 is 2.95 bits per heavy atom. The number of benzene rings is 1. The van der Waals surface area contributed by atoms with Gasteiger partial charge in [-0.15, -0.1) is 11.6 Å². The van der Waals surface area contributed by atoms with Crippen LogP contribution in [0.25, 0.3) is 0 Å². The van der Waals surface area contributed by atoms with Crippen LogP contribution in [0.15, 0.2) is 30.6 Å². The molecule has 2 aromatic rings. The third-order valence-electron chi connectivity index (χ3n) is 3.47. The van der Waals surface area contributed by atoms with Crippen LogP contribution in [0.4, 0.5) is 11.5 Å². The number of hydrogen-bond donors (Lipinski definition) is 1. The van der Waals surface area contributed by atoms with E-state index in [0.29, 0.717) is 5.88 Å². The van der Waals surface area contributed by atoms with Gasteiger partial charge in [0.25, 0.3) is 0 Å². The second-order valence-electron chi connectivity index (χ2n) is 4.81. The molecule has 1 heterocycles. The molecule has 1 aromatic carbocycles. The molecule has 0 unspecified atom stereocenters. The Morgan fingerprint density at radius 2 is 2.05 bits per heavy atom. The maximum Gasteiger partial charge on any atom is 0.137 e. The van der Waals surface area contributed by atoms with E-state index in [1.807, 2.05) is 18.2 Å². The number of hydrogen-bond acceptors (Lipinski definition) is 3. The van der Waals surface area contributed by atoms with Crippen molar-refractivity contribution in [2.75, 3.05) is 5.32 Å². The second kappa shape index (κ2) is 5.57. The number of alkyl halides is 1. The van der Waals surface area contributed by atoms with Gasteiger partial charge in [-0.3, -0.25) is 0 Å². The first-order chi connectivity index (χ1) is 9.36. The summed E-state index contributed by atoms with van der Waals surface area (Å²) in [4.78, 5) is 8.77. The van der Waals surface area contributed by atoms with Gasteiger partial charge in [-0.2, -0.15) is 0 Å². The number of aryl methyl sites for hydroxylation is 1. The van der Waals surface area contributed by atoms with Gasteiger partial charge in [0.2, 0.25) is 0 Å². The molecule has 3 rings (SSSR count). The lowest BCUT2D eigenvalue weighted by molar-refractivity contribution is 0.664. The molecule has 1 aliphatic carbocycles. The smallest absolute Gasteiger partial charge is 0.137 e. The van der Waals surface area contributed by atoms with Crippen molar-refractivity contribution in [2.45, 2.75) is 31.6 Å². The predicted octanol–water partition coefficient (Wildman–Crippen LogP) is 3.84. The average molecular weight is 274 g/mol. The van der Waals surface area contributed by atoms with Crippen molar-refractivity contribution in [2.24, 2.45) is 0 Å². The van der Waals surface area contributed by atoms with Gasteiger partial charge < -0.3 is 5.32 Å². The first-order valence-electron chi connectivity index (χ1n) is 6.61. The number of nitrogens with zero attached hydrogens (tertiary/aromatic N) is 2. The second-order valence-corrected chi connectivity index (χ2v) is 5.08. The first kappa shape index (κ1) is 12.4. The van der Waals surface area contributed by atoms with E-state index in [1.54, 1.807) is 6.33 Å². The van der Waals surface area contributed by atoms with E-state index in [1.165, 1.54) is 24.1 Å². The van der Waals surface area contributed by atoms with Crippen molar-refractivity contribution < 1.29 is 0 Å². The molecular weight excluding hydrogens is 258 g/mol. The van der Waals surface area contributed by atoms with Crippen LogP contribution in [-0.4, -0.2) is 9.97 Å². The molecule has 98 valence electrons. The maximum atomic E-state index is 5.86. The Labute approximate surface area is 118 Å². The Balaban J connectivity index is 1.90. The third kappa shape index (κ3) is 2.71. The highest BCUT2D eigenvalue weighted by Gasteiger charge is 2.15. The van der Waals surface area contributed by atoms with Crippen LogP contribution in [0.5, 0.6) is 0 Å². The molecule has 3 nitrogen and oxygen atoms in total. The van der Waals surface area contributed by atoms with Crippen molar-refractivity contribution in [1.29, 1.82) is 0 Å². The lowest BCUT2D eigenvalue weighted by atomic mass is 9.96. The number of rotatable bonds is 3. The Bertz CT molecular complexity index is 583. The number of halogens is 1. The van der Waals surface area contributed by atoms with E-state index in [4.69, 9.17) is 11.6 Å². The van der Waals surface area contributed by atoms with Gasteiger partial charge in [0, 0.05) is 22.8 Å². The van der Waals surface area contributed by atoms with Crippen LogP contribution in [0.2, 0.25) is 0 Å². The minimum absolute atomic E-state index is 0.525. The normalized spacial score (nSPS) is 13.9. The highest BCUT2D eigenvalue weighted by Crippen LogP contribution is 2.27.